The summed E-state index contributed by atoms with van der Waals surface area (Å²) >= 11 is 0. The van der Waals surface area contributed by atoms with Crippen molar-refractivity contribution in [2.24, 2.45) is 0 Å². The van der Waals surface area contributed by atoms with E-state index in [9.17, 15) is 0 Å². The number of benzene rings is 3. The van der Waals surface area contributed by atoms with Crippen molar-refractivity contribution in [3.63, 3.8) is 0 Å². The maximum absolute atomic E-state index is 6.11. The molecule has 0 N–H and O–H groups in total. The fraction of sp³-hybridized carbons (Fsp3) is 0.240. The smallest absolute Gasteiger partial charge is 0.141 e. The predicted octanol–water partition coefficient (Wildman–Crippen LogP) is 6.10. The lowest BCUT2D eigenvalue weighted by Gasteiger charge is -2.13. The Morgan fingerprint density at radius 1 is 0.821 bits per heavy atom. The lowest BCUT2D eigenvalue weighted by molar-refractivity contribution is 0.299. The highest BCUT2D eigenvalue weighted by atomic mass is 16.5. The van der Waals surface area contributed by atoms with Gasteiger partial charge in [0.15, 0.2) is 0 Å². The van der Waals surface area contributed by atoms with E-state index in [-0.39, 0.29) is 0 Å². The second-order valence-corrected chi connectivity index (χ2v) is 7.36. The van der Waals surface area contributed by atoms with Crippen molar-refractivity contribution in [3.05, 3.63) is 83.4 Å². The number of nitrogens with zero attached hydrogens (tertiary/aromatic N) is 2. The fourth-order valence-corrected chi connectivity index (χ4v) is 3.65. The summed E-state index contributed by atoms with van der Waals surface area (Å²) in [4.78, 5) is 4.90. The second-order valence-electron chi connectivity index (χ2n) is 7.36. The maximum atomic E-state index is 6.11. The van der Waals surface area contributed by atoms with Crippen molar-refractivity contribution >= 4 is 11.0 Å². The molecule has 3 aromatic carbocycles. The third-order valence-electron chi connectivity index (χ3n) is 5.15. The Bertz CT molecular complexity index is 1070. The van der Waals surface area contributed by atoms with Gasteiger partial charge in [-0.05, 0) is 50.5 Å². The minimum Gasteiger partial charge on any atom is -0.493 e. The number of aryl methyl sites for hydroxylation is 4. The molecule has 0 atom stereocenters. The summed E-state index contributed by atoms with van der Waals surface area (Å²) in [5, 5.41) is 0. The number of aromatic nitrogens is 2. The summed E-state index contributed by atoms with van der Waals surface area (Å²) in [6, 6.07) is 23.2. The number of ether oxygens (including phenoxy) is 1. The first-order valence-corrected chi connectivity index (χ1v) is 9.85. The Balaban J connectivity index is 1.56. The molecule has 0 saturated carbocycles. The van der Waals surface area contributed by atoms with E-state index in [1.807, 2.05) is 6.07 Å². The minimum atomic E-state index is 0.686. The van der Waals surface area contributed by atoms with E-state index in [1.165, 1.54) is 22.2 Å². The van der Waals surface area contributed by atoms with E-state index in [2.05, 4.69) is 86.0 Å². The second kappa shape index (κ2) is 7.89. The van der Waals surface area contributed by atoms with E-state index in [0.717, 1.165) is 35.6 Å². The van der Waals surface area contributed by atoms with Gasteiger partial charge in [0.2, 0.25) is 0 Å². The van der Waals surface area contributed by atoms with Gasteiger partial charge in [-0.15, -0.1) is 0 Å². The van der Waals surface area contributed by atoms with Crippen LogP contribution in [0.2, 0.25) is 0 Å². The van der Waals surface area contributed by atoms with Crippen molar-refractivity contribution in [1.82, 2.24) is 9.55 Å². The SMILES string of the molecule is Cc1ccc(-c2nc3ccccc3n2CCCOc2c(C)cccc2C)cc1. The molecule has 0 bridgehead atoms. The highest BCUT2D eigenvalue weighted by Gasteiger charge is 2.12. The quantitative estimate of drug-likeness (QED) is 0.384. The zero-order chi connectivity index (χ0) is 19.5. The predicted molar refractivity (Wildman–Crippen MR) is 116 cm³/mol. The molecule has 0 saturated heterocycles. The van der Waals surface area contributed by atoms with Crippen LogP contribution in [0.3, 0.4) is 0 Å². The van der Waals surface area contributed by atoms with Crippen LogP contribution in [0.4, 0.5) is 0 Å². The Labute approximate surface area is 166 Å². The Morgan fingerprint density at radius 2 is 1.54 bits per heavy atom. The van der Waals surface area contributed by atoms with Crippen molar-refractivity contribution in [2.45, 2.75) is 33.7 Å². The highest BCUT2D eigenvalue weighted by molar-refractivity contribution is 5.80. The van der Waals surface area contributed by atoms with Crippen LogP contribution in [0.5, 0.6) is 5.75 Å². The first-order chi connectivity index (χ1) is 13.6. The van der Waals surface area contributed by atoms with Gasteiger partial charge in [0.05, 0.1) is 17.6 Å². The van der Waals surface area contributed by atoms with Gasteiger partial charge in [-0.1, -0.05) is 60.2 Å². The molecule has 0 aliphatic heterocycles. The van der Waals surface area contributed by atoms with E-state index in [0.29, 0.717) is 6.61 Å². The topological polar surface area (TPSA) is 27.1 Å². The molecule has 3 heteroatoms. The summed E-state index contributed by atoms with van der Waals surface area (Å²) in [6.45, 7) is 7.86. The molecule has 0 aliphatic rings. The van der Waals surface area contributed by atoms with E-state index in [4.69, 9.17) is 9.72 Å². The van der Waals surface area contributed by atoms with Crippen LogP contribution in [0.25, 0.3) is 22.4 Å². The summed E-state index contributed by atoms with van der Waals surface area (Å²) in [5.74, 6) is 2.03. The molecule has 3 nitrogen and oxygen atoms in total. The van der Waals surface area contributed by atoms with E-state index < -0.39 is 0 Å². The molecule has 0 spiro atoms. The van der Waals surface area contributed by atoms with Crippen molar-refractivity contribution in [1.29, 1.82) is 0 Å². The first-order valence-electron chi connectivity index (χ1n) is 9.85. The molecule has 4 aromatic rings. The Hall–Kier alpha value is -3.07. The molecular formula is C25H26N2O. The fourth-order valence-electron chi connectivity index (χ4n) is 3.65. The van der Waals surface area contributed by atoms with Crippen LogP contribution in [0.1, 0.15) is 23.1 Å². The van der Waals surface area contributed by atoms with Gasteiger partial charge >= 0.3 is 0 Å². The van der Waals surface area contributed by atoms with Gasteiger partial charge in [-0.2, -0.15) is 0 Å². The monoisotopic (exact) mass is 370 g/mol. The van der Waals surface area contributed by atoms with Crippen LogP contribution < -0.4 is 4.74 Å². The zero-order valence-corrected chi connectivity index (χ0v) is 16.8. The average Bonchev–Trinajstić information content (AvgIpc) is 3.06. The van der Waals surface area contributed by atoms with Gasteiger partial charge in [-0.3, -0.25) is 0 Å². The molecule has 1 aromatic heterocycles. The largest absolute Gasteiger partial charge is 0.493 e. The van der Waals surface area contributed by atoms with Crippen LogP contribution in [-0.4, -0.2) is 16.2 Å². The maximum Gasteiger partial charge on any atom is 0.141 e. The third kappa shape index (κ3) is 3.65. The van der Waals surface area contributed by atoms with Crippen LogP contribution in [-0.2, 0) is 6.54 Å². The molecule has 0 amide bonds. The van der Waals surface area contributed by atoms with Gasteiger partial charge in [0.25, 0.3) is 0 Å². The molecule has 0 fully saturated rings. The highest BCUT2D eigenvalue weighted by Crippen LogP contribution is 2.26. The van der Waals surface area contributed by atoms with Crippen molar-refractivity contribution in [2.75, 3.05) is 6.61 Å². The number of para-hydroxylation sites is 3. The number of hydrogen-bond acceptors (Lipinski definition) is 2. The van der Waals surface area contributed by atoms with E-state index in [1.54, 1.807) is 0 Å². The molecule has 1 heterocycles. The lowest BCUT2D eigenvalue weighted by Crippen LogP contribution is -2.07. The van der Waals surface area contributed by atoms with Crippen molar-refractivity contribution < 1.29 is 4.74 Å². The standard InChI is InChI=1S/C25H26N2O/c1-18-12-14-21(15-13-18)25-26-22-10-4-5-11-23(22)27(25)16-7-17-28-24-19(2)8-6-9-20(24)3/h4-6,8-15H,7,16-17H2,1-3H3. The first kappa shape index (κ1) is 18.3. The Morgan fingerprint density at radius 3 is 2.29 bits per heavy atom. The van der Waals surface area contributed by atoms with Gasteiger partial charge in [0.1, 0.15) is 11.6 Å². The van der Waals surface area contributed by atoms with E-state index >= 15 is 0 Å². The zero-order valence-electron chi connectivity index (χ0n) is 16.8. The molecule has 4 rings (SSSR count). The number of imidazole rings is 1. The average molecular weight is 370 g/mol. The summed E-state index contributed by atoms with van der Waals surface area (Å²) in [5.41, 5.74) is 6.99. The summed E-state index contributed by atoms with van der Waals surface area (Å²) in [6.07, 6.45) is 0.924. The molecular weight excluding hydrogens is 344 g/mol. The van der Waals surface area contributed by atoms with Gasteiger partial charge < -0.3 is 9.30 Å². The third-order valence-corrected chi connectivity index (χ3v) is 5.15. The Kier molecular flexibility index (Phi) is 5.16. The molecule has 142 valence electrons. The molecule has 28 heavy (non-hydrogen) atoms. The van der Waals surface area contributed by atoms with Crippen LogP contribution in [0, 0.1) is 20.8 Å². The molecule has 0 unspecified atom stereocenters. The summed E-state index contributed by atoms with van der Waals surface area (Å²) < 4.78 is 8.42. The van der Waals surface area contributed by atoms with Crippen molar-refractivity contribution in [3.8, 4) is 17.1 Å². The minimum absolute atomic E-state index is 0.686. The van der Waals surface area contributed by atoms with Crippen LogP contribution in [0.15, 0.2) is 66.7 Å². The lowest BCUT2D eigenvalue weighted by atomic mass is 10.1. The normalized spacial score (nSPS) is 11.1. The molecule has 0 aliphatic carbocycles. The molecule has 0 radical (unpaired) electrons. The number of hydrogen-bond donors (Lipinski definition) is 0. The number of fused-ring (bicyclic) bond motifs is 1. The van der Waals surface area contributed by atoms with Crippen LogP contribution >= 0.6 is 0 Å². The summed E-state index contributed by atoms with van der Waals surface area (Å²) in [7, 11) is 0. The number of rotatable bonds is 6. The van der Waals surface area contributed by atoms with Gasteiger partial charge in [-0.25, -0.2) is 4.98 Å². The van der Waals surface area contributed by atoms with Gasteiger partial charge in [0, 0.05) is 12.1 Å².